The lowest BCUT2D eigenvalue weighted by molar-refractivity contribution is -0.111. The van der Waals surface area contributed by atoms with Gasteiger partial charge < -0.3 is 9.72 Å². The summed E-state index contributed by atoms with van der Waals surface area (Å²) in [5.74, 6) is -0.0595. The highest BCUT2D eigenvalue weighted by atomic mass is 16.5. The number of hydrogen-bond acceptors (Lipinski definition) is 3. The van der Waals surface area contributed by atoms with Crippen molar-refractivity contribution in [2.24, 2.45) is 0 Å². The maximum absolute atomic E-state index is 11.7. The number of allylic oxidation sites excluding steroid dienone is 1. The SMILES string of the molecule is Cc1c[nH]c2c1C(Oc1ccccc1)=CC(=O)C2=O. The van der Waals surface area contributed by atoms with Gasteiger partial charge in [0.05, 0.1) is 0 Å². The first-order valence-electron chi connectivity index (χ1n) is 5.88. The third-order valence-corrected chi connectivity index (χ3v) is 3.01. The van der Waals surface area contributed by atoms with Crippen molar-refractivity contribution in [2.75, 3.05) is 0 Å². The summed E-state index contributed by atoms with van der Waals surface area (Å²) in [7, 11) is 0. The number of benzene rings is 1. The average molecular weight is 253 g/mol. The van der Waals surface area contributed by atoms with Crippen molar-refractivity contribution in [1.82, 2.24) is 4.98 Å². The van der Waals surface area contributed by atoms with E-state index in [1.807, 2.05) is 25.1 Å². The van der Waals surface area contributed by atoms with Gasteiger partial charge in [-0.25, -0.2) is 0 Å². The Labute approximate surface area is 109 Å². The van der Waals surface area contributed by atoms with Gasteiger partial charge in [0.2, 0.25) is 11.6 Å². The van der Waals surface area contributed by atoms with Crippen LogP contribution in [0.5, 0.6) is 5.75 Å². The molecule has 0 aliphatic heterocycles. The number of aromatic nitrogens is 1. The molecule has 1 heterocycles. The number of hydrogen-bond donors (Lipinski definition) is 1. The molecule has 0 saturated heterocycles. The van der Waals surface area contributed by atoms with Crippen molar-refractivity contribution in [2.45, 2.75) is 6.92 Å². The molecule has 0 saturated carbocycles. The first-order valence-corrected chi connectivity index (χ1v) is 5.88. The molecular formula is C15H11NO3. The largest absolute Gasteiger partial charge is 0.457 e. The molecule has 0 amide bonds. The molecule has 0 fully saturated rings. The Balaban J connectivity index is 2.06. The average Bonchev–Trinajstić information content (AvgIpc) is 2.79. The third-order valence-electron chi connectivity index (χ3n) is 3.01. The first kappa shape index (κ1) is 11.5. The van der Waals surface area contributed by atoms with Crippen LogP contribution < -0.4 is 4.74 Å². The molecule has 4 heteroatoms. The minimum atomic E-state index is -0.569. The van der Waals surface area contributed by atoms with E-state index in [1.54, 1.807) is 18.3 Å². The number of H-pyrrole nitrogens is 1. The normalized spacial score (nSPS) is 14.1. The van der Waals surface area contributed by atoms with Crippen LogP contribution >= 0.6 is 0 Å². The number of aryl methyl sites for hydroxylation is 1. The van der Waals surface area contributed by atoms with Gasteiger partial charge in [-0.05, 0) is 24.6 Å². The van der Waals surface area contributed by atoms with E-state index in [-0.39, 0.29) is 0 Å². The van der Waals surface area contributed by atoms with Crippen LogP contribution in [0.25, 0.3) is 5.76 Å². The van der Waals surface area contributed by atoms with Gasteiger partial charge in [0.1, 0.15) is 17.2 Å². The summed E-state index contributed by atoms with van der Waals surface area (Å²) < 4.78 is 5.71. The molecule has 1 aromatic carbocycles. The zero-order valence-corrected chi connectivity index (χ0v) is 10.3. The van der Waals surface area contributed by atoms with Crippen LogP contribution in [0.4, 0.5) is 0 Å². The molecule has 19 heavy (non-hydrogen) atoms. The van der Waals surface area contributed by atoms with Gasteiger partial charge in [-0.15, -0.1) is 0 Å². The van der Waals surface area contributed by atoms with E-state index in [9.17, 15) is 9.59 Å². The molecule has 1 N–H and O–H groups in total. The Morgan fingerprint density at radius 2 is 1.84 bits per heavy atom. The van der Waals surface area contributed by atoms with Crippen molar-refractivity contribution in [1.29, 1.82) is 0 Å². The molecule has 1 aromatic heterocycles. The number of nitrogens with one attached hydrogen (secondary N) is 1. The molecular weight excluding hydrogens is 242 g/mol. The van der Waals surface area contributed by atoms with E-state index in [4.69, 9.17) is 4.74 Å². The Bertz CT molecular complexity index is 695. The van der Waals surface area contributed by atoms with Crippen LogP contribution in [0, 0.1) is 6.92 Å². The molecule has 0 spiro atoms. The molecule has 94 valence electrons. The van der Waals surface area contributed by atoms with Crippen molar-refractivity contribution < 1.29 is 14.3 Å². The van der Waals surface area contributed by atoms with Gasteiger partial charge in [-0.1, -0.05) is 18.2 Å². The summed E-state index contributed by atoms with van der Waals surface area (Å²) in [4.78, 5) is 26.2. The molecule has 0 radical (unpaired) electrons. The predicted molar refractivity (Wildman–Crippen MR) is 69.9 cm³/mol. The van der Waals surface area contributed by atoms with Gasteiger partial charge in [-0.2, -0.15) is 0 Å². The van der Waals surface area contributed by atoms with Crippen LogP contribution in [0.2, 0.25) is 0 Å². The summed E-state index contributed by atoms with van der Waals surface area (Å²) in [6, 6.07) is 9.16. The second-order valence-corrected chi connectivity index (χ2v) is 4.34. The van der Waals surface area contributed by atoms with Crippen molar-refractivity contribution in [3.63, 3.8) is 0 Å². The molecule has 2 aromatic rings. The fraction of sp³-hybridized carbons (Fsp3) is 0.0667. The van der Waals surface area contributed by atoms with Crippen LogP contribution in [-0.4, -0.2) is 16.6 Å². The number of Topliss-reactive ketones (excluding diaryl/α,β-unsaturated/α-hetero) is 1. The van der Waals surface area contributed by atoms with Crippen LogP contribution in [0.3, 0.4) is 0 Å². The van der Waals surface area contributed by atoms with Gasteiger partial charge in [0.15, 0.2) is 0 Å². The van der Waals surface area contributed by atoms with E-state index in [1.165, 1.54) is 6.08 Å². The zero-order chi connectivity index (χ0) is 13.4. The van der Waals surface area contributed by atoms with E-state index >= 15 is 0 Å². The van der Waals surface area contributed by atoms with Crippen molar-refractivity contribution in [3.8, 4) is 5.75 Å². The van der Waals surface area contributed by atoms with E-state index in [2.05, 4.69) is 4.98 Å². The Hall–Kier alpha value is -2.62. The highest BCUT2D eigenvalue weighted by Gasteiger charge is 2.29. The number of carbonyl (C=O) groups is 2. The summed E-state index contributed by atoms with van der Waals surface area (Å²) in [6.07, 6.45) is 2.95. The van der Waals surface area contributed by atoms with Crippen LogP contribution in [-0.2, 0) is 4.79 Å². The Morgan fingerprint density at radius 3 is 2.58 bits per heavy atom. The standard InChI is InChI=1S/C15H11NO3/c1-9-8-16-14-13(9)12(7-11(17)15(14)18)19-10-5-3-2-4-6-10/h2-8,16H,1H3. The highest BCUT2D eigenvalue weighted by molar-refractivity contribution is 6.50. The maximum atomic E-state index is 11.7. The fourth-order valence-electron chi connectivity index (χ4n) is 2.09. The smallest absolute Gasteiger partial charge is 0.249 e. The summed E-state index contributed by atoms with van der Waals surface area (Å²) in [5, 5.41) is 0. The van der Waals surface area contributed by atoms with Crippen molar-refractivity contribution in [3.05, 3.63) is 59.4 Å². The first-order chi connectivity index (χ1) is 9.16. The summed E-state index contributed by atoms with van der Waals surface area (Å²) in [6.45, 7) is 1.86. The fourth-order valence-corrected chi connectivity index (χ4v) is 2.09. The van der Waals surface area contributed by atoms with Gasteiger partial charge in [0.25, 0.3) is 0 Å². The van der Waals surface area contributed by atoms with Gasteiger partial charge in [0, 0.05) is 17.8 Å². The Kier molecular flexibility index (Phi) is 2.56. The van der Waals surface area contributed by atoms with Crippen molar-refractivity contribution >= 4 is 17.3 Å². The number of ketones is 2. The minimum Gasteiger partial charge on any atom is -0.457 e. The second kappa shape index (κ2) is 4.24. The lowest BCUT2D eigenvalue weighted by Crippen LogP contribution is -2.20. The number of aromatic amines is 1. The minimum absolute atomic E-state index is 0.302. The quantitative estimate of drug-likeness (QED) is 0.836. The summed E-state index contributed by atoms with van der Waals surface area (Å²) in [5.41, 5.74) is 1.84. The number of ether oxygens (including phenoxy) is 1. The molecule has 3 rings (SSSR count). The lowest BCUT2D eigenvalue weighted by Gasteiger charge is -2.14. The summed E-state index contributed by atoms with van der Waals surface area (Å²) >= 11 is 0. The molecule has 1 aliphatic carbocycles. The van der Waals surface area contributed by atoms with Gasteiger partial charge in [-0.3, -0.25) is 9.59 Å². The van der Waals surface area contributed by atoms with Crippen LogP contribution in [0.1, 0.15) is 21.6 Å². The topological polar surface area (TPSA) is 59.2 Å². The molecule has 4 nitrogen and oxygen atoms in total. The van der Waals surface area contributed by atoms with E-state index in [0.717, 1.165) is 5.56 Å². The number of para-hydroxylation sites is 1. The highest BCUT2D eigenvalue weighted by Crippen LogP contribution is 2.29. The monoisotopic (exact) mass is 253 g/mol. The predicted octanol–water partition coefficient (Wildman–Crippen LogP) is 2.51. The molecule has 0 bridgehead atoms. The third kappa shape index (κ3) is 1.87. The molecule has 0 unspecified atom stereocenters. The zero-order valence-electron chi connectivity index (χ0n) is 10.3. The van der Waals surface area contributed by atoms with Gasteiger partial charge >= 0.3 is 0 Å². The number of rotatable bonds is 2. The van der Waals surface area contributed by atoms with Crippen LogP contribution in [0.15, 0.2) is 42.6 Å². The Morgan fingerprint density at radius 1 is 1.11 bits per heavy atom. The number of fused-ring (bicyclic) bond motifs is 1. The van der Waals surface area contributed by atoms with E-state index in [0.29, 0.717) is 22.8 Å². The number of carbonyl (C=O) groups excluding carboxylic acids is 2. The van der Waals surface area contributed by atoms with E-state index < -0.39 is 11.6 Å². The molecule has 1 aliphatic rings. The lowest BCUT2D eigenvalue weighted by atomic mass is 9.98. The second-order valence-electron chi connectivity index (χ2n) is 4.34. The maximum Gasteiger partial charge on any atom is 0.249 e. The molecule has 0 atom stereocenters.